The number of aryl methyl sites for hydroxylation is 1. The molecule has 1 aromatic heterocycles. The Hall–Kier alpha value is -2.40. The zero-order valence-electron chi connectivity index (χ0n) is 12.9. The van der Waals surface area contributed by atoms with Crippen LogP contribution in [0.4, 0.5) is 13.2 Å². The Labute approximate surface area is 138 Å². The number of aromatic nitrogens is 2. The Kier molecular flexibility index (Phi) is 5.80. The van der Waals surface area contributed by atoms with Crippen LogP contribution in [0.15, 0.2) is 27.9 Å². The van der Waals surface area contributed by atoms with Gasteiger partial charge in [0.2, 0.25) is 0 Å². The lowest BCUT2D eigenvalue weighted by Gasteiger charge is -2.15. The number of rotatable bonds is 6. The molecule has 3 N–H and O–H groups in total. The summed E-state index contributed by atoms with van der Waals surface area (Å²) in [4.78, 5) is 36.4. The average Bonchev–Trinajstić information content (AvgIpc) is 3.00. The van der Waals surface area contributed by atoms with Crippen LogP contribution in [0, 0.1) is 0 Å². The second-order valence-corrected chi connectivity index (χ2v) is 5.31. The Morgan fingerprint density at radius 3 is 2.68 bits per heavy atom. The molecule has 11 heteroatoms. The zero-order valence-corrected chi connectivity index (χ0v) is 12.9. The van der Waals surface area contributed by atoms with Crippen molar-refractivity contribution in [2.24, 2.45) is 0 Å². The number of H-pyrrole nitrogens is 1. The Balaban J connectivity index is 2.01. The molecule has 0 fully saturated rings. The Morgan fingerprint density at radius 1 is 1.36 bits per heavy atom. The van der Waals surface area contributed by atoms with Crippen molar-refractivity contribution in [3.8, 4) is 0 Å². The van der Waals surface area contributed by atoms with Gasteiger partial charge in [0, 0.05) is 18.3 Å². The minimum Gasteiger partial charge on any atom is -0.393 e. The lowest BCUT2D eigenvalue weighted by Crippen LogP contribution is -2.37. The third-order valence-corrected chi connectivity index (χ3v) is 3.47. The summed E-state index contributed by atoms with van der Waals surface area (Å²) >= 11 is 0. The largest absolute Gasteiger partial charge is 0.471 e. The van der Waals surface area contributed by atoms with Crippen LogP contribution in [-0.2, 0) is 16.0 Å². The van der Waals surface area contributed by atoms with E-state index in [4.69, 9.17) is 9.84 Å². The standard InChI is InChI=1S/C14H16F3N3O5/c15-14(16,17)12(23)18-5-1-2-8-6-20(13(24)19-11(8)22)10-4-3-9(7-21)25-10/h3-4,6,9-10,21H,1-2,5,7H2,(H,18,23)(H,19,22,24)/t9-,10+/m0/s1. The number of nitrogens with one attached hydrogen (secondary N) is 2. The predicted octanol–water partition coefficient (Wildman–Crippen LogP) is -0.406. The molecular weight excluding hydrogens is 347 g/mol. The minimum atomic E-state index is -4.96. The van der Waals surface area contributed by atoms with Gasteiger partial charge >= 0.3 is 17.8 Å². The number of ether oxygens (including phenoxy) is 1. The van der Waals surface area contributed by atoms with Crippen molar-refractivity contribution in [1.29, 1.82) is 0 Å². The highest BCUT2D eigenvalue weighted by molar-refractivity contribution is 5.81. The van der Waals surface area contributed by atoms with E-state index in [2.05, 4.69) is 4.98 Å². The summed E-state index contributed by atoms with van der Waals surface area (Å²) in [6.07, 6.45) is -1.85. The number of carbonyl (C=O) groups excluding carboxylic acids is 1. The maximum absolute atomic E-state index is 12.1. The van der Waals surface area contributed by atoms with Gasteiger partial charge in [-0.2, -0.15) is 13.2 Å². The van der Waals surface area contributed by atoms with E-state index < -0.39 is 35.7 Å². The molecule has 0 spiro atoms. The topological polar surface area (TPSA) is 113 Å². The number of hydrogen-bond donors (Lipinski definition) is 3. The van der Waals surface area contributed by atoms with Crippen molar-refractivity contribution in [3.63, 3.8) is 0 Å². The van der Waals surface area contributed by atoms with E-state index in [9.17, 15) is 27.6 Å². The zero-order chi connectivity index (χ0) is 18.6. The van der Waals surface area contributed by atoms with Crippen molar-refractivity contribution in [3.05, 3.63) is 44.8 Å². The Bertz CT molecular complexity index is 768. The molecule has 0 saturated carbocycles. The highest BCUT2D eigenvalue weighted by Gasteiger charge is 2.38. The molecule has 0 aromatic carbocycles. The van der Waals surface area contributed by atoms with Crippen molar-refractivity contribution in [1.82, 2.24) is 14.9 Å². The average molecular weight is 363 g/mol. The molecule has 138 valence electrons. The number of aromatic amines is 1. The molecule has 1 aliphatic rings. The summed E-state index contributed by atoms with van der Waals surface area (Å²) in [5, 5.41) is 10.7. The lowest BCUT2D eigenvalue weighted by molar-refractivity contribution is -0.173. The number of hydrogen-bond acceptors (Lipinski definition) is 5. The molecule has 2 atom stereocenters. The van der Waals surface area contributed by atoms with Gasteiger partial charge in [-0.05, 0) is 18.9 Å². The van der Waals surface area contributed by atoms with Gasteiger partial charge in [-0.15, -0.1) is 0 Å². The van der Waals surface area contributed by atoms with Gasteiger partial charge in [-0.25, -0.2) is 4.79 Å². The quantitative estimate of drug-likeness (QED) is 0.470. The number of carbonyl (C=O) groups is 1. The van der Waals surface area contributed by atoms with Crippen LogP contribution in [-0.4, -0.2) is 46.0 Å². The SMILES string of the molecule is O=C(NCCCc1cn([C@H]2C=C[C@@H](CO)O2)c(=O)[nH]c1=O)C(F)(F)F. The van der Waals surface area contributed by atoms with Crippen LogP contribution in [0.3, 0.4) is 0 Å². The number of halogens is 3. The first-order chi connectivity index (χ1) is 11.7. The van der Waals surface area contributed by atoms with Crippen molar-refractivity contribution in [2.45, 2.75) is 31.3 Å². The molecule has 1 aromatic rings. The van der Waals surface area contributed by atoms with Crippen molar-refractivity contribution >= 4 is 5.91 Å². The predicted molar refractivity (Wildman–Crippen MR) is 78.8 cm³/mol. The number of aliphatic hydroxyl groups is 1. The summed E-state index contributed by atoms with van der Waals surface area (Å²) < 4.78 is 42.6. The first kappa shape index (κ1) is 18.9. The van der Waals surface area contributed by atoms with Crippen LogP contribution in [0.1, 0.15) is 18.2 Å². The van der Waals surface area contributed by atoms with Crippen LogP contribution in [0.2, 0.25) is 0 Å². The summed E-state index contributed by atoms with van der Waals surface area (Å²) in [6, 6.07) is 0. The molecule has 0 radical (unpaired) electrons. The maximum Gasteiger partial charge on any atom is 0.471 e. The molecule has 1 aliphatic heterocycles. The third-order valence-electron chi connectivity index (χ3n) is 3.47. The maximum atomic E-state index is 12.1. The van der Waals surface area contributed by atoms with Gasteiger partial charge in [-0.1, -0.05) is 6.08 Å². The van der Waals surface area contributed by atoms with E-state index >= 15 is 0 Å². The number of amides is 1. The summed E-state index contributed by atoms with van der Waals surface area (Å²) in [5.74, 6) is -2.05. The van der Waals surface area contributed by atoms with Gasteiger partial charge in [0.15, 0.2) is 6.23 Å². The Morgan fingerprint density at radius 2 is 2.08 bits per heavy atom. The fraction of sp³-hybridized carbons (Fsp3) is 0.500. The normalized spacial score (nSPS) is 20.0. The van der Waals surface area contributed by atoms with Crippen LogP contribution in [0.25, 0.3) is 0 Å². The first-order valence-corrected chi connectivity index (χ1v) is 7.36. The molecule has 1 amide bonds. The van der Waals surface area contributed by atoms with Gasteiger partial charge in [0.25, 0.3) is 5.56 Å². The third kappa shape index (κ3) is 4.79. The van der Waals surface area contributed by atoms with Crippen molar-refractivity contribution in [2.75, 3.05) is 13.2 Å². The van der Waals surface area contributed by atoms with E-state index in [0.717, 1.165) is 4.57 Å². The second-order valence-electron chi connectivity index (χ2n) is 5.31. The smallest absolute Gasteiger partial charge is 0.393 e. The van der Waals surface area contributed by atoms with Gasteiger partial charge in [0.05, 0.1) is 6.61 Å². The van der Waals surface area contributed by atoms with E-state index in [-0.39, 0.29) is 31.6 Å². The number of alkyl halides is 3. The monoisotopic (exact) mass is 363 g/mol. The molecule has 0 unspecified atom stereocenters. The molecule has 0 aliphatic carbocycles. The van der Waals surface area contributed by atoms with Crippen LogP contribution >= 0.6 is 0 Å². The second kappa shape index (κ2) is 7.66. The van der Waals surface area contributed by atoms with E-state index in [1.807, 2.05) is 0 Å². The molecule has 0 bridgehead atoms. The van der Waals surface area contributed by atoms with Crippen LogP contribution in [0.5, 0.6) is 0 Å². The lowest BCUT2D eigenvalue weighted by atomic mass is 10.2. The van der Waals surface area contributed by atoms with E-state index in [1.165, 1.54) is 12.3 Å². The van der Waals surface area contributed by atoms with Gasteiger partial charge in [-0.3, -0.25) is 19.1 Å². The van der Waals surface area contributed by atoms with E-state index in [1.54, 1.807) is 11.4 Å². The fourth-order valence-electron chi connectivity index (χ4n) is 2.23. The van der Waals surface area contributed by atoms with E-state index in [0.29, 0.717) is 0 Å². The molecule has 2 heterocycles. The fourth-order valence-corrected chi connectivity index (χ4v) is 2.23. The molecular formula is C14H16F3N3O5. The molecule has 8 nitrogen and oxygen atoms in total. The van der Waals surface area contributed by atoms with Crippen LogP contribution < -0.4 is 16.6 Å². The first-order valence-electron chi connectivity index (χ1n) is 7.36. The van der Waals surface area contributed by atoms with Gasteiger partial charge < -0.3 is 15.2 Å². The highest BCUT2D eigenvalue weighted by Crippen LogP contribution is 2.19. The van der Waals surface area contributed by atoms with Crippen molar-refractivity contribution < 1.29 is 27.8 Å². The molecule has 25 heavy (non-hydrogen) atoms. The summed E-state index contributed by atoms with van der Waals surface area (Å²) in [7, 11) is 0. The number of nitrogens with zero attached hydrogens (tertiary/aromatic N) is 1. The van der Waals surface area contributed by atoms with Gasteiger partial charge in [0.1, 0.15) is 6.10 Å². The molecule has 2 rings (SSSR count). The minimum absolute atomic E-state index is 0.0492. The number of aliphatic hydroxyl groups excluding tert-OH is 1. The summed E-state index contributed by atoms with van der Waals surface area (Å²) in [6.45, 7) is -0.541. The molecule has 0 saturated heterocycles. The highest BCUT2D eigenvalue weighted by atomic mass is 19.4. The summed E-state index contributed by atoms with van der Waals surface area (Å²) in [5.41, 5.74) is -1.22.